The van der Waals surface area contributed by atoms with Gasteiger partial charge in [0.1, 0.15) is 0 Å². The Hall–Kier alpha value is -1.42. The molecule has 0 aliphatic rings. The van der Waals surface area contributed by atoms with E-state index in [0.29, 0.717) is 13.1 Å². The first-order valence-corrected chi connectivity index (χ1v) is 6.37. The topological polar surface area (TPSA) is 54.0 Å². The van der Waals surface area contributed by atoms with Crippen molar-refractivity contribution in [2.24, 2.45) is 0 Å². The summed E-state index contributed by atoms with van der Waals surface area (Å²) in [6.07, 6.45) is 2.68. The maximum atomic E-state index is 11.7. The summed E-state index contributed by atoms with van der Waals surface area (Å²) in [5.41, 5.74) is 1.99. The Bertz CT molecular complexity index is 402. The van der Waals surface area contributed by atoms with Gasteiger partial charge in [-0.05, 0) is 38.8 Å². The van der Waals surface area contributed by atoms with E-state index < -0.39 is 0 Å². The highest BCUT2D eigenvalue weighted by Gasteiger charge is 2.17. The van der Waals surface area contributed by atoms with E-state index in [1.165, 1.54) is 0 Å². The number of pyridine rings is 1. The number of nitrogens with one attached hydrogen (secondary N) is 2. The molecule has 1 rings (SSSR count). The van der Waals surface area contributed by atoms with Crippen LogP contribution in [-0.4, -0.2) is 23.0 Å². The Balaban J connectivity index is 2.34. The maximum Gasteiger partial charge on any atom is 0.234 e. The Labute approximate surface area is 109 Å². The van der Waals surface area contributed by atoms with Crippen molar-refractivity contribution < 1.29 is 4.79 Å². The van der Waals surface area contributed by atoms with E-state index in [2.05, 4.69) is 22.5 Å². The molecule has 1 heterocycles. The van der Waals surface area contributed by atoms with E-state index in [-0.39, 0.29) is 11.4 Å². The molecule has 1 aromatic heterocycles. The van der Waals surface area contributed by atoms with Gasteiger partial charge >= 0.3 is 0 Å². The Kier molecular flexibility index (Phi) is 5.28. The van der Waals surface area contributed by atoms with E-state index in [0.717, 1.165) is 17.7 Å². The molecule has 4 nitrogen and oxygen atoms in total. The average molecular weight is 249 g/mol. The van der Waals surface area contributed by atoms with Crippen LogP contribution in [0.1, 0.15) is 38.4 Å². The third-order valence-electron chi connectivity index (χ3n) is 3.06. The molecule has 0 radical (unpaired) electrons. The Morgan fingerprint density at radius 3 is 2.78 bits per heavy atom. The molecule has 0 atom stereocenters. The fourth-order valence-electron chi connectivity index (χ4n) is 1.51. The quantitative estimate of drug-likeness (QED) is 0.808. The normalized spacial score (nSPS) is 11.3. The third kappa shape index (κ3) is 4.84. The molecule has 1 amide bonds. The standard InChI is InChI=1S/C14H23N3O/c1-5-14(3,4)17-13(18)10-15-9-12-11(2)7-6-8-16-12/h6-8,15H,5,9-10H2,1-4H3,(H,17,18). The molecule has 0 aliphatic carbocycles. The van der Waals surface area contributed by atoms with Crippen LogP contribution in [0, 0.1) is 6.92 Å². The summed E-state index contributed by atoms with van der Waals surface area (Å²) < 4.78 is 0. The molecule has 0 spiro atoms. The molecular formula is C14H23N3O. The number of carbonyl (C=O) groups excluding carboxylic acids is 1. The molecular weight excluding hydrogens is 226 g/mol. The minimum absolute atomic E-state index is 0.0236. The van der Waals surface area contributed by atoms with Crippen molar-refractivity contribution in [3.8, 4) is 0 Å². The summed E-state index contributed by atoms with van der Waals surface area (Å²) in [6.45, 7) is 9.06. The highest BCUT2D eigenvalue weighted by atomic mass is 16.2. The SMILES string of the molecule is CCC(C)(C)NC(=O)CNCc1ncccc1C. The molecule has 0 aromatic carbocycles. The molecule has 18 heavy (non-hydrogen) atoms. The Morgan fingerprint density at radius 2 is 2.17 bits per heavy atom. The lowest BCUT2D eigenvalue weighted by Gasteiger charge is -2.24. The maximum absolute atomic E-state index is 11.7. The number of carbonyl (C=O) groups is 1. The number of rotatable bonds is 6. The fourth-order valence-corrected chi connectivity index (χ4v) is 1.51. The van der Waals surface area contributed by atoms with Crippen LogP contribution in [0.25, 0.3) is 0 Å². The lowest BCUT2D eigenvalue weighted by molar-refractivity contribution is -0.121. The summed E-state index contributed by atoms with van der Waals surface area (Å²) in [7, 11) is 0. The van der Waals surface area contributed by atoms with Gasteiger partial charge < -0.3 is 10.6 Å². The van der Waals surface area contributed by atoms with Gasteiger partial charge in [-0.2, -0.15) is 0 Å². The minimum atomic E-state index is -0.139. The Morgan fingerprint density at radius 1 is 1.44 bits per heavy atom. The summed E-state index contributed by atoms with van der Waals surface area (Å²) >= 11 is 0. The minimum Gasteiger partial charge on any atom is -0.350 e. The predicted octanol–water partition coefficient (Wildman–Crippen LogP) is 1.78. The molecule has 0 aliphatic heterocycles. The molecule has 2 N–H and O–H groups in total. The highest BCUT2D eigenvalue weighted by Crippen LogP contribution is 2.06. The number of hydrogen-bond donors (Lipinski definition) is 2. The van der Waals surface area contributed by atoms with E-state index in [1.807, 2.05) is 32.9 Å². The second kappa shape index (κ2) is 6.50. The average Bonchev–Trinajstić information content (AvgIpc) is 2.31. The van der Waals surface area contributed by atoms with Crippen LogP contribution < -0.4 is 10.6 Å². The van der Waals surface area contributed by atoms with Gasteiger partial charge in [-0.1, -0.05) is 13.0 Å². The molecule has 4 heteroatoms. The fraction of sp³-hybridized carbons (Fsp3) is 0.571. The lowest BCUT2D eigenvalue weighted by atomic mass is 10.0. The zero-order chi connectivity index (χ0) is 13.6. The molecule has 0 fully saturated rings. The van der Waals surface area contributed by atoms with E-state index in [4.69, 9.17) is 0 Å². The van der Waals surface area contributed by atoms with Crippen molar-refractivity contribution in [3.05, 3.63) is 29.6 Å². The summed E-state index contributed by atoms with van der Waals surface area (Å²) in [6, 6.07) is 3.93. The molecule has 0 saturated heterocycles. The molecule has 0 bridgehead atoms. The van der Waals surface area contributed by atoms with Crippen LogP contribution in [0.15, 0.2) is 18.3 Å². The smallest absolute Gasteiger partial charge is 0.234 e. The van der Waals surface area contributed by atoms with Crippen LogP contribution >= 0.6 is 0 Å². The first kappa shape index (κ1) is 14.6. The number of aryl methyl sites for hydroxylation is 1. The van der Waals surface area contributed by atoms with E-state index >= 15 is 0 Å². The van der Waals surface area contributed by atoms with Crippen LogP contribution in [0.4, 0.5) is 0 Å². The number of hydrogen-bond acceptors (Lipinski definition) is 3. The third-order valence-corrected chi connectivity index (χ3v) is 3.06. The largest absolute Gasteiger partial charge is 0.350 e. The molecule has 0 unspecified atom stereocenters. The molecule has 1 aromatic rings. The highest BCUT2D eigenvalue weighted by molar-refractivity contribution is 5.78. The van der Waals surface area contributed by atoms with E-state index in [9.17, 15) is 4.79 Å². The van der Waals surface area contributed by atoms with Crippen LogP contribution in [-0.2, 0) is 11.3 Å². The van der Waals surface area contributed by atoms with Gasteiger partial charge in [0.15, 0.2) is 0 Å². The van der Waals surface area contributed by atoms with Crippen LogP contribution in [0.2, 0.25) is 0 Å². The molecule has 0 saturated carbocycles. The van der Waals surface area contributed by atoms with Crippen molar-refractivity contribution >= 4 is 5.91 Å². The lowest BCUT2D eigenvalue weighted by Crippen LogP contribution is -2.46. The van der Waals surface area contributed by atoms with Crippen molar-refractivity contribution in [2.75, 3.05) is 6.54 Å². The predicted molar refractivity (Wildman–Crippen MR) is 73.2 cm³/mol. The van der Waals surface area contributed by atoms with Gasteiger partial charge in [0.05, 0.1) is 12.2 Å². The van der Waals surface area contributed by atoms with Crippen molar-refractivity contribution in [3.63, 3.8) is 0 Å². The second-order valence-electron chi connectivity index (χ2n) is 5.16. The van der Waals surface area contributed by atoms with Gasteiger partial charge in [0, 0.05) is 18.3 Å². The van der Waals surface area contributed by atoms with Gasteiger partial charge in [-0.3, -0.25) is 9.78 Å². The van der Waals surface area contributed by atoms with Gasteiger partial charge in [-0.15, -0.1) is 0 Å². The number of aromatic nitrogens is 1. The number of amides is 1. The summed E-state index contributed by atoms with van der Waals surface area (Å²) in [5.74, 6) is 0.0236. The van der Waals surface area contributed by atoms with Crippen LogP contribution in [0.3, 0.4) is 0 Å². The second-order valence-corrected chi connectivity index (χ2v) is 5.16. The summed E-state index contributed by atoms with van der Waals surface area (Å²) in [4.78, 5) is 16.0. The van der Waals surface area contributed by atoms with Gasteiger partial charge in [0.2, 0.25) is 5.91 Å². The van der Waals surface area contributed by atoms with Gasteiger partial charge in [-0.25, -0.2) is 0 Å². The van der Waals surface area contributed by atoms with Crippen molar-refractivity contribution in [1.82, 2.24) is 15.6 Å². The van der Waals surface area contributed by atoms with Crippen LogP contribution in [0.5, 0.6) is 0 Å². The molecule has 100 valence electrons. The zero-order valence-corrected chi connectivity index (χ0v) is 11.7. The van der Waals surface area contributed by atoms with Crippen molar-refractivity contribution in [1.29, 1.82) is 0 Å². The van der Waals surface area contributed by atoms with Gasteiger partial charge in [0.25, 0.3) is 0 Å². The zero-order valence-electron chi connectivity index (χ0n) is 11.7. The number of nitrogens with zero attached hydrogens (tertiary/aromatic N) is 1. The first-order chi connectivity index (χ1) is 8.44. The summed E-state index contributed by atoms with van der Waals surface area (Å²) in [5, 5.41) is 6.10. The first-order valence-electron chi connectivity index (χ1n) is 6.37. The van der Waals surface area contributed by atoms with Crippen molar-refractivity contribution in [2.45, 2.75) is 46.2 Å². The monoisotopic (exact) mass is 249 g/mol. The van der Waals surface area contributed by atoms with E-state index in [1.54, 1.807) is 6.20 Å².